The minimum Gasteiger partial charge on any atom is -0.351 e. The molecule has 0 saturated carbocycles. The molecule has 0 unspecified atom stereocenters. The minimum atomic E-state index is 0.611. The summed E-state index contributed by atoms with van der Waals surface area (Å²) in [6.45, 7) is 8.00. The highest BCUT2D eigenvalue weighted by Crippen LogP contribution is 2.23. The SMILES string of the molecule is CC.CC.CNC.O=Cc1cc2nc3c(cc2[nH]1)CCCC3. The Balaban J connectivity index is 0.000000553. The van der Waals surface area contributed by atoms with E-state index in [0.717, 1.165) is 30.2 Å². The summed E-state index contributed by atoms with van der Waals surface area (Å²) in [5.74, 6) is 0. The summed E-state index contributed by atoms with van der Waals surface area (Å²) in [7, 11) is 3.75. The van der Waals surface area contributed by atoms with Gasteiger partial charge in [0.1, 0.15) is 0 Å². The predicted molar refractivity (Wildman–Crippen MR) is 95.8 cm³/mol. The van der Waals surface area contributed by atoms with Crippen LogP contribution >= 0.6 is 0 Å². The molecule has 2 aromatic rings. The number of hydrogen-bond donors (Lipinski definition) is 2. The molecule has 1 aliphatic carbocycles. The molecule has 0 atom stereocenters. The highest BCUT2D eigenvalue weighted by atomic mass is 16.1. The normalized spacial score (nSPS) is 11.7. The number of carbonyl (C=O) groups excluding carboxylic acids is 1. The number of aromatic nitrogens is 2. The van der Waals surface area contributed by atoms with Gasteiger partial charge < -0.3 is 10.3 Å². The van der Waals surface area contributed by atoms with E-state index in [4.69, 9.17) is 0 Å². The maximum Gasteiger partial charge on any atom is 0.166 e. The zero-order chi connectivity index (χ0) is 17.0. The van der Waals surface area contributed by atoms with E-state index in [9.17, 15) is 4.79 Å². The van der Waals surface area contributed by atoms with Crippen molar-refractivity contribution in [1.82, 2.24) is 15.3 Å². The lowest BCUT2D eigenvalue weighted by atomic mass is 9.96. The molecule has 0 fully saturated rings. The quantitative estimate of drug-likeness (QED) is 0.778. The molecule has 0 aliphatic heterocycles. The first-order chi connectivity index (χ1) is 10.8. The van der Waals surface area contributed by atoms with Crippen LogP contribution in [0.3, 0.4) is 0 Å². The number of aldehydes is 1. The van der Waals surface area contributed by atoms with Crippen molar-refractivity contribution < 1.29 is 4.79 Å². The Morgan fingerprint density at radius 1 is 1.09 bits per heavy atom. The molecule has 0 radical (unpaired) electrons. The molecule has 2 heterocycles. The van der Waals surface area contributed by atoms with Gasteiger partial charge >= 0.3 is 0 Å². The van der Waals surface area contributed by atoms with Crippen LogP contribution in [0.1, 0.15) is 62.3 Å². The number of rotatable bonds is 1. The number of aromatic amines is 1. The van der Waals surface area contributed by atoms with Crippen molar-refractivity contribution in [3.05, 3.63) is 29.1 Å². The minimum absolute atomic E-state index is 0.611. The number of H-pyrrole nitrogens is 1. The smallest absolute Gasteiger partial charge is 0.166 e. The van der Waals surface area contributed by atoms with Crippen LogP contribution in [-0.2, 0) is 12.8 Å². The number of fused-ring (bicyclic) bond motifs is 2. The Morgan fingerprint density at radius 3 is 2.27 bits per heavy atom. The summed E-state index contributed by atoms with van der Waals surface area (Å²) in [4.78, 5) is 18.3. The summed E-state index contributed by atoms with van der Waals surface area (Å²) in [6.07, 6.45) is 5.51. The molecular formula is C18H31N3O. The lowest BCUT2D eigenvalue weighted by Crippen LogP contribution is -2.04. The van der Waals surface area contributed by atoms with E-state index >= 15 is 0 Å². The van der Waals surface area contributed by atoms with Crippen molar-refractivity contribution >= 4 is 17.3 Å². The van der Waals surface area contributed by atoms with Gasteiger partial charge in [0.05, 0.1) is 16.7 Å². The molecule has 0 bridgehead atoms. The van der Waals surface area contributed by atoms with Crippen LogP contribution in [0.4, 0.5) is 0 Å². The van der Waals surface area contributed by atoms with E-state index in [-0.39, 0.29) is 0 Å². The van der Waals surface area contributed by atoms with E-state index < -0.39 is 0 Å². The van der Waals surface area contributed by atoms with Gasteiger partial charge in [-0.1, -0.05) is 27.7 Å². The number of hydrogen-bond acceptors (Lipinski definition) is 3. The van der Waals surface area contributed by atoms with Crippen LogP contribution in [0.5, 0.6) is 0 Å². The van der Waals surface area contributed by atoms with Crippen LogP contribution in [0.15, 0.2) is 12.1 Å². The highest BCUT2D eigenvalue weighted by Gasteiger charge is 2.12. The Hall–Kier alpha value is -1.68. The standard InChI is InChI=1S/C12H12N2O.C2H7N.2C2H6/c15-7-9-6-12-11(13-9)5-8-3-1-2-4-10(8)14-12;1-3-2;2*1-2/h5-7,13H,1-4H2;3H,1-2H3;2*1-2H3. The monoisotopic (exact) mass is 305 g/mol. The first-order valence-electron chi connectivity index (χ1n) is 8.33. The first-order valence-corrected chi connectivity index (χ1v) is 8.33. The van der Waals surface area contributed by atoms with Crippen molar-refractivity contribution in [2.75, 3.05) is 14.1 Å². The van der Waals surface area contributed by atoms with Gasteiger partial charge in [-0.2, -0.15) is 0 Å². The van der Waals surface area contributed by atoms with Crippen molar-refractivity contribution in [1.29, 1.82) is 0 Å². The van der Waals surface area contributed by atoms with Gasteiger partial charge in [0.2, 0.25) is 0 Å². The Labute approximate surface area is 134 Å². The summed E-state index contributed by atoms with van der Waals surface area (Å²) in [5, 5.41) is 2.75. The zero-order valence-corrected chi connectivity index (χ0v) is 14.9. The third kappa shape index (κ3) is 5.60. The third-order valence-electron chi connectivity index (χ3n) is 3.03. The Bertz CT molecular complexity index is 504. The molecular weight excluding hydrogens is 274 g/mol. The van der Waals surface area contributed by atoms with Gasteiger partial charge in [-0.15, -0.1) is 0 Å². The van der Waals surface area contributed by atoms with Gasteiger partial charge in [0.15, 0.2) is 6.29 Å². The molecule has 22 heavy (non-hydrogen) atoms. The summed E-state index contributed by atoms with van der Waals surface area (Å²) >= 11 is 0. The van der Waals surface area contributed by atoms with Crippen molar-refractivity contribution in [2.45, 2.75) is 53.4 Å². The van der Waals surface area contributed by atoms with Crippen LogP contribution in [0, 0.1) is 0 Å². The molecule has 124 valence electrons. The maximum absolute atomic E-state index is 10.6. The molecule has 0 amide bonds. The predicted octanol–water partition coefficient (Wildman–Crippen LogP) is 4.14. The van der Waals surface area contributed by atoms with Gasteiger partial charge in [-0.3, -0.25) is 9.78 Å². The second-order valence-electron chi connectivity index (χ2n) is 4.58. The lowest BCUT2D eigenvalue weighted by molar-refractivity contribution is 0.112. The fourth-order valence-electron chi connectivity index (χ4n) is 2.26. The summed E-state index contributed by atoms with van der Waals surface area (Å²) < 4.78 is 0. The molecule has 1 aliphatic rings. The average molecular weight is 305 g/mol. The highest BCUT2D eigenvalue weighted by molar-refractivity contribution is 5.85. The van der Waals surface area contributed by atoms with Crippen molar-refractivity contribution in [3.63, 3.8) is 0 Å². The molecule has 4 heteroatoms. The zero-order valence-electron chi connectivity index (χ0n) is 14.9. The number of carbonyl (C=O) groups is 1. The first kappa shape index (κ1) is 20.3. The summed E-state index contributed by atoms with van der Waals surface area (Å²) in [6, 6.07) is 3.96. The number of nitrogens with zero attached hydrogens (tertiary/aromatic N) is 1. The lowest BCUT2D eigenvalue weighted by Gasteiger charge is -2.13. The van der Waals surface area contributed by atoms with Gasteiger partial charge in [0, 0.05) is 5.69 Å². The van der Waals surface area contributed by atoms with Crippen molar-refractivity contribution in [3.8, 4) is 0 Å². The van der Waals surface area contributed by atoms with E-state index in [1.807, 2.05) is 47.9 Å². The van der Waals surface area contributed by atoms with Crippen LogP contribution in [0.2, 0.25) is 0 Å². The number of nitrogens with one attached hydrogen (secondary N) is 2. The molecule has 4 nitrogen and oxygen atoms in total. The Kier molecular flexibility index (Phi) is 11.0. The average Bonchev–Trinajstić information content (AvgIpc) is 2.99. The van der Waals surface area contributed by atoms with Crippen LogP contribution in [0.25, 0.3) is 11.0 Å². The van der Waals surface area contributed by atoms with Gasteiger partial charge in [-0.05, 0) is 57.5 Å². The fraction of sp³-hybridized carbons (Fsp3) is 0.556. The second kappa shape index (κ2) is 11.9. The largest absolute Gasteiger partial charge is 0.351 e. The second-order valence-corrected chi connectivity index (χ2v) is 4.58. The van der Waals surface area contributed by atoms with Gasteiger partial charge in [0.25, 0.3) is 0 Å². The topological polar surface area (TPSA) is 57.8 Å². The van der Waals surface area contributed by atoms with E-state index in [1.54, 1.807) is 0 Å². The summed E-state index contributed by atoms with van der Waals surface area (Å²) in [5.41, 5.74) is 5.06. The van der Waals surface area contributed by atoms with Crippen LogP contribution in [-0.4, -0.2) is 30.3 Å². The third-order valence-corrected chi connectivity index (χ3v) is 3.03. The number of pyridine rings is 1. The molecule has 2 N–H and O–H groups in total. The van der Waals surface area contributed by atoms with E-state index in [1.165, 1.54) is 24.1 Å². The van der Waals surface area contributed by atoms with Crippen LogP contribution < -0.4 is 5.32 Å². The van der Waals surface area contributed by atoms with Crippen molar-refractivity contribution in [2.24, 2.45) is 0 Å². The van der Waals surface area contributed by atoms with E-state index in [2.05, 4.69) is 21.4 Å². The molecule has 0 spiro atoms. The maximum atomic E-state index is 10.6. The molecule has 0 saturated heterocycles. The Morgan fingerprint density at radius 2 is 1.68 bits per heavy atom. The van der Waals surface area contributed by atoms with E-state index in [0.29, 0.717) is 5.69 Å². The molecule has 2 aromatic heterocycles. The molecule has 0 aromatic carbocycles. The fourth-order valence-corrected chi connectivity index (χ4v) is 2.26. The van der Waals surface area contributed by atoms with Gasteiger partial charge in [-0.25, -0.2) is 0 Å². The number of aryl methyl sites for hydroxylation is 2. The molecule has 3 rings (SSSR count).